The maximum atomic E-state index is 11.5. The molecule has 1 heterocycles. The van der Waals surface area contributed by atoms with Crippen LogP contribution in [0.4, 0.5) is 0 Å². The summed E-state index contributed by atoms with van der Waals surface area (Å²) in [6.45, 7) is 5.46. The number of amides is 2. The smallest absolute Gasteiger partial charge is 0.242 e. The predicted molar refractivity (Wildman–Crippen MR) is 57.3 cm³/mol. The molecule has 1 aliphatic rings. The fourth-order valence-electron chi connectivity index (χ4n) is 1.48. The van der Waals surface area contributed by atoms with Gasteiger partial charge >= 0.3 is 0 Å². The molecule has 1 atom stereocenters. The average molecular weight is 213 g/mol. The van der Waals surface area contributed by atoms with Crippen LogP contribution in [0.25, 0.3) is 0 Å². The highest BCUT2D eigenvalue weighted by Gasteiger charge is 2.26. The van der Waals surface area contributed by atoms with Gasteiger partial charge in [-0.3, -0.25) is 9.59 Å². The highest BCUT2D eigenvalue weighted by Crippen LogP contribution is 2.05. The quantitative estimate of drug-likeness (QED) is 0.533. The second kappa shape index (κ2) is 5.70. The molecule has 0 radical (unpaired) electrons. The molecule has 2 amide bonds. The molecule has 15 heavy (non-hydrogen) atoms. The van der Waals surface area contributed by atoms with Crippen LogP contribution >= 0.6 is 0 Å². The largest absolute Gasteiger partial charge is 0.353 e. The maximum absolute atomic E-state index is 11.5. The van der Waals surface area contributed by atoms with Crippen molar-refractivity contribution >= 4 is 11.8 Å². The van der Waals surface area contributed by atoms with E-state index in [0.29, 0.717) is 25.4 Å². The van der Waals surface area contributed by atoms with Gasteiger partial charge in [-0.1, -0.05) is 13.8 Å². The van der Waals surface area contributed by atoms with Crippen LogP contribution in [0, 0.1) is 0 Å². The molecule has 1 aliphatic heterocycles. The van der Waals surface area contributed by atoms with E-state index in [9.17, 15) is 9.59 Å². The Labute approximate surface area is 90.0 Å². The summed E-state index contributed by atoms with van der Waals surface area (Å²) in [7, 11) is 0. The van der Waals surface area contributed by atoms with Gasteiger partial charge in [0.2, 0.25) is 11.8 Å². The molecule has 0 aromatic rings. The Bertz CT molecular complexity index is 241. The summed E-state index contributed by atoms with van der Waals surface area (Å²) in [5.41, 5.74) is 0. The molecule has 0 saturated carbocycles. The third-order valence-corrected chi connectivity index (χ3v) is 2.29. The Kier molecular flexibility index (Phi) is 4.55. The van der Waals surface area contributed by atoms with E-state index < -0.39 is 0 Å². The number of rotatable bonds is 5. The second-order valence-electron chi connectivity index (χ2n) is 4.06. The van der Waals surface area contributed by atoms with Crippen LogP contribution in [0.5, 0.6) is 0 Å². The second-order valence-corrected chi connectivity index (χ2v) is 4.06. The Morgan fingerprint density at radius 2 is 2.27 bits per heavy atom. The van der Waals surface area contributed by atoms with Crippen LogP contribution in [0.2, 0.25) is 0 Å². The third kappa shape index (κ3) is 4.29. The minimum atomic E-state index is -0.323. The molecule has 0 aliphatic carbocycles. The Morgan fingerprint density at radius 1 is 1.53 bits per heavy atom. The summed E-state index contributed by atoms with van der Waals surface area (Å²) >= 11 is 0. The Morgan fingerprint density at radius 3 is 2.80 bits per heavy atom. The van der Waals surface area contributed by atoms with Crippen molar-refractivity contribution in [3.8, 4) is 0 Å². The number of carbonyl (C=O) groups is 2. The summed E-state index contributed by atoms with van der Waals surface area (Å²) in [6.07, 6.45) is 1.07. The van der Waals surface area contributed by atoms with Crippen LogP contribution < -0.4 is 16.0 Å². The summed E-state index contributed by atoms with van der Waals surface area (Å²) in [4.78, 5) is 22.4. The molecule has 1 saturated heterocycles. The Balaban J connectivity index is 2.11. The van der Waals surface area contributed by atoms with Crippen LogP contribution in [-0.2, 0) is 9.59 Å². The van der Waals surface area contributed by atoms with Crippen molar-refractivity contribution in [3.63, 3.8) is 0 Å². The lowest BCUT2D eigenvalue weighted by atomic mass is 10.2. The highest BCUT2D eigenvalue weighted by atomic mass is 16.2. The molecule has 5 nitrogen and oxygen atoms in total. The van der Waals surface area contributed by atoms with Crippen molar-refractivity contribution in [3.05, 3.63) is 0 Å². The number of nitrogens with one attached hydrogen (secondary N) is 3. The first kappa shape index (κ1) is 12.0. The SMILES string of the molecule is CC(C)NCCNC(=O)C1CCC(=O)N1. The molecule has 1 fully saturated rings. The third-order valence-electron chi connectivity index (χ3n) is 2.29. The van der Waals surface area contributed by atoms with Gasteiger partial charge in [0.15, 0.2) is 0 Å². The van der Waals surface area contributed by atoms with E-state index in [4.69, 9.17) is 0 Å². The molecule has 5 heteroatoms. The molecule has 1 rings (SSSR count). The molecule has 0 spiro atoms. The lowest BCUT2D eigenvalue weighted by Crippen LogP contribution is -2.44. The molecule has 0 aromatic heterocycles. The number of carbonyl (C=O) groups excluding carboxylic acids is 2. The standard InChI is InChI=1S/C10H19N3O2/c1-7(2)11-5-6-12-10(15)8-3-4-9(14)13-8/h7-8,11H,3-6H2,1-2H3,(H,12,15)(H,13,14). The van der Waals surface area contributed by atoms with Crippen molar-refractivity contribution < 1.29 is 9.59 Å². The van der Waals surface area contributed by atoms with E-state index in [1.165, 1.54) is 0 Å². The monoisotopic (exact) mass is 213 g/mol. The molecular weight excluding hydrogens is 194 g/mol. The van der Waals surface area contributed by atoms with E-state index in [1.807, 2.05) is 0 Å². The number of hydrogen-bond donors (Lipinski definition) is 3. The fraction of sp³-hybridized carbons (Fsp3) is 0.800. The topological polar surface area (TPSA) is 70.2 Å². The summed E-state index contributed by atoms with van der Waals surface area (Å²) in [6, 6.07) is 0.102. The van der Waals surface area contributed by atoms with Crippen LogP contribution in [-0.4, -0.2) is 37.0 Å². The molecule has 86 valence electrons. The predicted octanol–water partition coefficient (Wildman–Crippen LogP) is -0.621. The van der Waals surface area contributed by atoms with Gasteiger partial charge < -0.3 is 16.0 Å². The average Bonchev–Trinajstić information content (AvgIpc) is 2.59. The van der Waals surface area contributed by atoms with E-state index in [1.54, 1.807) is 0 Å². The van der Waals surface area contributed by atoms with Crippen molar-refractivity contribution in [1.29, 1.82) is 0 Å². The zero-order valence-electron chi connectivity index (χ0n) is 9.30. The summed E-state index contributed by atoms with van der Waals surface area (Å²) < 4.78 is 0. The first-order chi connectivity index (χ1) is 7.09. The molecular formula is C10H19N3O2. The number of hydrogen-bond acceptors (Lipinski definition) is 3. The van der Waals surface area contributed by atoms with E-state index in [2.05, 4.69) is 29.8 Å². The van der Waals surface area contributed by atoms with Crippen molar-refractivity contribution in [2.45, 2.75) is 38.8 Å². The lowest BCUT2D eigenvalue weighted by Gasteiger charge is -2.12. The van der Waals surface area contributed by atoms with Gasteiger partial charge in [0.25, 0.3) is 0 Å². The van der Waals surface area contributed by atoms with Crippen molar-refractivity contribution in [2.24, 2.45) is 0 Å². The molecule has 0 bridgehead atoms. The van der Waals surface area contributed by atoms with Gasteiger partial charge in [-0.15, -0.1) is 0 Å². The van der Waals surface area contributed by atoms with Gasteiger partial charge in [0, 0.05) is 25.6 Å². The van der Waals surface area contributed by atoms with E-state index >= 15 is 0 Å². The highest BCUT2D eigenvalue weighted by molar-refractivity contribution is 5.90. The summed E-state index contributed by atoms with van der Waals surface area (Å²) in [5.74, 6) is -0.109. The van der Waals surface area contributed by atoms with E-state index in [-0.39, 0.29) is 17.9 Å². The van der Waals surface area contributed by atoms with E-state index in [0.717, 1.165) is 6.54 Å². The lowest BCUT2D eigenvalue weighted by molar-refractivity contribution is -0.125. The maximum Gasteiger partial charge on any atom is 0.242 e. The first-order valence-corrected chi connectivity index (χ1v) is 5.40. The minimum Gasteiger partial charge on any atom is -0.353 e. The van der Waals surface area contributed by atoms with Crippen molar-refractivity contribution in [1.82, 2.24) is 16.0 Å². The van der Waals surface area contributed by atoms with Crippen LogP contribution in [0.3, 0.4) is 0 Å². The van der Waals surface area contributed by atoms with Gasteiger partial charge in [0.1, 0.15) is 6.04 Å². The molecule has 0 aromatic carbocycles. The Hall–Kier alpha value is -1.10. The van der Waals surface area contributed by atoms with Gasteiger partial charge in [-0.25, -0.2) is 0 Å². The van der Waals surface area contributed by atoms with Gasteiger partial charge in [-0.05, 0) is 6.42 Å². The summed E-state index contributed by atoms with van der Waals surface area (Å²) in [5, 5.41) is 8.61. The van der Waals surface area contributed by atoms with Gasteiger partial charge in [-0.2, -0.15) is 0 Å². The van der Waals surface area contributed by atoms with Crippen molar-refractivity contribution in [2.75, 3.05) is 13.1 Å². The van der Waals surface area contributed by atoms with Crippen LogP contribution in [0.15, 0.2) is 0 Å². The zero-order valence-corrected chi connectivity index (χ0v) is 9.30. The van der Waals surface area contributed by atoms with Gasteiger partial charge in [0.05, 0.1) is 0 Å². The van der Waals surface area contributed by atoms with Crippen LogP contribution in [0.1, 0.15) is 26.7 Å². The minimum absolute atomic E-state index is 0.0320. The normalized spacial score (nSPS) is 20.5. The molecule has 1 unspecified atom stereocenters. The molecule has 3 N–H and O–H groups in total. The zero-order chi connectivity index (χ0) is 11.3. The first-order valence-electron chi connectivity index (χ1n) is 5.40. The fourth-order valence-corrected chi connectivity index (χ4v) is 1.48.